The van der Waals surface area contributed by atoms with Gasteiger partial charge in [-0.3, -0.25) is 14.9 Å². The fourth-order valence-electron chi connectivity index (χ4n) is 8.10. The van der Waals surface area contributed by atoms with Gasteiger partial charge in [-0.15, -0.1) is 0 Å². The van der Waals surface area contributed by atoms with Gasteiger partial charge in [-0.1, -0.05) is 12.8 Å². The van der Waals surface area contributed by atoms with Crippen LogP contribution >= 0.6 is 0 Å². The molecule has 1 spiro atoms. The lowest BCUT2D eigenvalue weighted by Crippen LogP contribution is -2.47. The summed E-state index contributed by atoms with van der Waals surface area (Å²) in [4.78, 5) is 26.3. The van der Waals surface area contributed by atoms with E-state index < -0.39 is 20.9 Å². The highest BCUT2D eigenvalue weighted by atomic mass is 32.2. The van der Waals surface area contributed by atoms with E-state index >= 15 is 0 Å². The van der Waals surface area contributed by atoms with Crippen LogP contribution in [0.2, 0.25) is 0 Å². The normalized spacial score (nSPS) is 26.4. The molecule has 0 aromatic heterocycles. The van der Waals surface area contributed by atoms with Crippen LogP contribution in [0.15, 0.2) is 47.4 Å². The molecule has 1 heterocycles. The van der Waals surface area contributed by atoms with Gasteiger partial charge in [0.15, 0.2) is 0 Å². The second kappa shape index (κ2) is 11.4. The number of rotatable bonds is 9. The number of hydrogen-bond donors (Lipinski definition) is 3. The second-order valence-corrected chi connectivity index (χ2v) is 15.4. The number of nitrogens with one attached hydrogen (secondary N) is 2. The van der Waals surface area contributed by atoms with Crippen LogP contribution in [0.3, 0.4) is 0 Å². The average Bonchev–Trinajstić information content (AvgIpc) is 3.48. The van der Waals surface area contributed by atoms with E-state index in [1.54, 1.807) is 12.1 Å². The lowest BCUT2D eigenvalue weighted by Gasteiger charge is -2.53. The predicted octanol–water partition coefficient (Wildman–Crippen LogP) is 5.59. The number of carbonyl (C=O) groups excluding carboxylic acids is 1. The van der Waals surface area contributed by atoms with Crippen molar-refractivity contribution >= 4 is 33.0 Å². The SMILES string of the molecule is NCC12CCC(CNc3ccc(S(=O)(=O)NC(=O)c4ccc(N5CCC6(CCCC6)CC5)cc4)cc3[N+](=O)[O-])(CC1)CC2. The van der Waals surface area contributed by atoms with E-state index in [0.29, 0.717) is 18.5 Å². The summed E-state index contributed by atoms with van der Waals surface area (Å²) in [5, 5.41) is 15.2. The Labute approximate surface area is 254 Å². The molecule has 0 unspecified atom stereocenters. The van der Waals surface area contributed by atoms with Crippen LogP contribution < -0.4 is 20.7 Å². The van der Waals surface area contributed by atoms with E-state index in [1.165, 1.54) is 50.7 Å². The molecule has 0 radical (unpaired) electrons. The van der Waals surface area contributed by atoms with Crippen LogP contribution in [0, 0.1) is 26.4 Å². The molecule has 232 valence electrons. The Kier molecular flexibility index (Phi) is 7.91. The first-order valence-corrected chi connectivity index (χ1v) is 17.2. The predicted molar refractivity (Wildman–Crippen MR) is 167 cm³/mol. The van der Waals surface area contributed by atoms with Gasteiger partial charge in [0, 0.05) is 37.0 Å². The highest BCUT2D eigenvalue weighted by molar-refractivity contribution is 7.90. The molecule has 5 aliphatic rings. The first kappa shape index (κ1) is 29.9. The van der Waals surface area contributed by atoms with Crippen molar-refractivity contribution in [1.29, 1.82) is 0 Å². The zero-order valence-electron chi connectivity index (χ0n) is 24.8. The number of benzene rings is 2. The van der Waals surface area contributed by atoms with Crippen molar-refractivity contribution < 1.29 is 18.1 Å². The van der Waals surface area contributed by atoms with Crippen LogP contribution in [0.1, 0.15) is 87.4 Å². The number of sulfonamides is 1. The molecule has 7 rings (SSSR count). The second-order valence-electron chi connectivity index (χ2n) is 13.7. The van der Waals surface area contributed by atoms with E-state index in [-0.39, 0.29) is 32.7 Å². The van der Waals surface area contributed by atoms with Crippen molar-refractivity contribution in [3.05, 3.63) is 58.1 Å². The third-order valence-corrected chi connectivity index (χ3v) is 12.7. The minimum absolute atomic E-state index is 0.0746. The fraction of sp³-hybridized carbons (Fsp3) is 0.594. The smallest absolute Gasteiger partial charge is 0.293 e. The lowest BCUT2D eigenvalue weighted by atomic mass is 9.54. The Balaban J connectivity index is 1.09. The van der Waals surface area contributed by atoms with Gasteiger partial charge in [-0.25, -0.2) is 13.1 Å². The number of nitro groups is 1. The summed E-state index contributed by atoms with van der Waals surface area (Å²) >= 11 is 0. The van der Waals surface area contributed by atoms with Crippen molar-refractivity contribution in [3.63, 3.8) is 0 Å². The number of carbonyl (C=O) groups is 1. The maximum absolute atomic E-state index is 13.1. The number of piperidine rings is 1. The first-order valence-electron chi connectivity index (χ1n) is 15.7. The number of anilines is 2. The quantitative estimate of drug-likeness (QED) is 0.246. The van der Waals surface area contributed by atoms with Gasteiger partial charge < -0.3 is 16.0 Å². The Morgan fingerprint density at radius 2 is 1.49 bits per heavy atom. The average molecular weight is 610 g/mol. The number of nitrogens with zero attached hydrogens (tertiary/aromatic N) is 2. The van der Waals surface area contributed by atoms with Gasteiger partial charge in [0.1, 0.15) is 5.69 Å². The standard InChI is InChI=1S/C32H43N5O5S/c33-22-31-11-14-32(15-12-31,16-13-31)23-34-27-8-7-26(21-28(27)37(39)40)43(41,42)35-29(38)24-3-5-25(6-4-24)36-19-17-30(18-20-36)9-1-2-10-30/h3-8,21,34H,1-2,9-20,22-23,33H2,(H,35,38). The van der Waals surface area contributed by atoms with Crippen LogP contribution in [-0.2, 0) is 10.0 Å². The molecule has 0 atom stereocenters. The molecule has 1 amide bonds. The highest BCUT2D eigenvalue weighted by Gasteiger charge is 2.47. The van der Waals surface area contributed by atoms with Crippen LogP contribution in [0.5, 0.6) is 0 Å². The largest absolute Gasteiger partial charge is 0.379 e. The molecule has 4 saturated carbocycles. The molecule has 4 aliphatic carbocycles. The topological polar surface area (TPSA) is 148 Å². The third kappa shape index (κ3) is 5.98. The Morgan fingerprint density at radius 3 is 2.07 bits per heavy atom. The van der Waals surface area contributed by atoms with Gasteiger partial charge in [-0.2, -0.15) is 0 Å². The molecule has 43 heavy (non-hydrogen) atoms. The Hall–Kier alpha value is -3.18. The number of nitrogens with two attached hydrogens (primary N) is 1. The minimum atomic E-state index is -4.33. The fourth-order valence-corrected chi connectivity index (χ4v) is 9.10. The summed E-state index contributed by atoms with van der Waals surface area (Å²) in [7, 11) is -4.33. The Bertz CT molecular complexity index is 1450. The Morgan fingerprint density at radius 1 is 0.884 bits per heavy atom. The van der Waals surface area contributed by atoms with Crippen molar-refractivity contribution in [2.45, 2.75) is 81.9 Å². The molecule has 1 aliphatic heterocycles. The summed E-state index contributed by atoms with van der Waals surface area (Å²) in [6, 6.07) is 10.7. The summed E-state index contributed by atoms with van der Waals surface area (Å²) < 4.78 is 28.3. The number of nitro benzene ring substituents is 1. The van der Waals surface area contributed by atoms with Crippen molar-refractivity contribution in [1.82, 2.24) is 4.72 Å². The summed E-state index contributed by atoms with van der Waals surface area (Å²) in [5.74, 6) is -0.776. The van der Waals surface area contributed by atoms with Crippen molar-refractivity contribution in [2.75, 3.05) is 36.4 Å². The maximum Gasteiger partial charge on any atom is 0.293 e. The van der Waals surface area contributed by atoms with Crippen molar-refractivity contribution in [2.24, 2.45) is 22.0 Å². The number of hydrogen-bond acceptors (Lipinski definition) is 8. The molecule has 5 fully saturated rings. The molecule has 11 heteroatoms. The number of amides is 1. The van der Waals surface area contributed by atoms with E-state index in [0.717, 1.165) is 63.4 Å². The monoisotopic (exact) mass is 609 g/mol. The molecule has 4 N–H and O–H groups in total. The lowest BCUT2D eigenvalue weighted by molar-refractivity contribution is -0.384. The van der Waals surface area contributed by atoms with Gasteiger partial charge in [0.25, 0.3) is 21.6 Å². The van der Waals surface area contributed by atoms with E-state index in [1.807, 2.05) is 12.1 Å². The molecular weight excluding hydrogens is 566 g/mol. The van der Waals surface area contributed by atoms with Crippen LogP contribution in [0.4, 0.5) is 17.1 Å². The molecular formula is C32H43N5O5S. The highest BCUT2D eigenvalue weighted by Crippen LogP contribution is 2.56. The zero-order chi connectivity index (χ0) is 30.3. The van der Waals surface area contributed by atoms with Crippen molar-refractivity contribution in [3.8, 4) is 0 Å². The molecule has 2 aromatic rings. The molecule has 2 aromatic carbocycles. The minimum Gasteiger partial charge on any atom is -0.379 e. The molecule has 2 bridgehead atoms. The van der Waals surface area contributed by atoms with Crippen LogP contribution in [-0.4, -0.2) is 45.4 Å². The van der Waals surface area contributed by atoms with Crippen LogP contribution in [0.25, 0.3) is 0 Å². The summed E-state index contributed by atoms with van der Waals surface area (Å²) in [5.41, 5.74) is 8.04. The molecule has 10 nitrogen and oxygen atoms in total. The first-order chi connectivity index (χ1) is 20.6. The number of fused-ring (bicyclic) bond motifs is 3. The van der Waals surface area contributed by atoms with Gasteiger partial charge in [-0.05, 0) is 123 Å². The zero-order valence-corrected chi connectivity index (χ0v) is 25.6. The summed E-state index contributed by atoms with van der Waals surface area (Å²) in [6.07, 6.45) is 14.0. The molecule has 1 saturated heterocycles. The van der Waals surface area contributed by atoms with E-state index in [9.17, 15) is 23.3 Å². The van der Waals surface area contributed by atoms with Gasteiger partial charge in [0.2, 0.25) is 0 Å². The van der Waals surface area contributed by atoms with E-state index in [2.05, 4.69) is 14.9 Å². The third-order valence-electron chi connectivity index (χ3n) is 11.3. The van der Waals surface area contributed by atoms with E-state index in [4.69, 9.17) is 5.73 Å². The van der Waals surface area contributed by atoms with Gasteiger partial charge >= 0.3 is 0 Å². The van der Waals surface area contributed by atoms with Gasteiger partial charge in [0.05, 0.1) is 9.82 Å². The maximum atomic E-state index is 13.1. The summed E-state index contributed by atoms with van der Waals surface area (Å²) in [6.45, 7) is 3.27.